The SMILES string of the molecule is O=C(Cc1ccc(Cl)cc1)c1csc2ccccc12. The van der Waals surface area contributed by atoms with E-state index < -0.39 is 0 Å². The number of halogens is 1. The standard InChI is InChI=1S/C16H11ClOS/c17-12-7-5-11(6-8-12)9-15(18)14-10-19-16-4-2-1-3-13(14)16/h1-8,10H,9H2. The summed E-state index contributed by atoms with van der Waals surface area (Å²) < 4.78 is 1.15. The van der Waals surface area contributed by atoms with E-state index in [4.69, 9.17) is 11.6 Å². The molecule has 0 atom stereocenters. The number of fused-ring (bicyclic) bond motifs is 1. The maximum atomic E-state index is 12.3. The Kier molecular flexibility index (Phi) is 3.36. The topological polar surface area (TPSA) is 17.1 Å². The quantitative estimate of drug-likeness (QED) is 0.621. The van der Waals surface area contributed by atoms with E-state index in [9.17, 15) is 4.79 Å². The van der Waals surface area contributed by atoms with Gasteiger partial charge in [0.05, 0.1) is 0 Å². The maximum absolute atomic E-state index is 12.3. The molecule has 0 fully saturated rings. The predicted molar refractivity (Wildman–Crippen MR) is 81.3 cm³/mol. The van der Waals surface area contributed by atoms with Crippen LogP contribution in [0.3, 0.4) is 0 Å². The fourth-order valence-electron chi connectivity index (χ4n) is 2.08. The van der Waals surface area contributed by atoms with Crippen molar-refractivity contribution >= 4 is 38.8 Å². The number of benzene rings is 2. The first-order chi connectivity index (χ1) is 9.24. The van der Waals surface area contributed by atoms with Crippen LogP contribution in [-0.4, -0.2) is 5.78 Å². The van der Waals surface area contributed by atoms with Crippen molar-refractivity contribution in [2.45, 2.75) is 6.42 Å². The molecule has 3 rings (SSSR count). The second-order valence-corrected chi connectivity index (χ2v) is 5.72. The molecule has 0 amide bonds. The minimum atomic E-state index is 0.153. The molecule has 0 saturated carbocycles. The third kappa shape index (κ3) is 2.55. The summed E-state index contributed by atoms with van der Waals surface area (Å²) in [6.07, 6.45) is 0.415. The Morgan fingerprint density at radius 3 is 2.58 bits per heavy atom. The molecule has 0 aliphatic heterocycles. The van der Waals surface area contributed by atoms with E-state index in [0.29, 0.717) is 11.4 Å². The molecule has 0 aliphatic rings. The maximum Gasteiger partial charge on any atom is 0.168 e. The van der Waals surface area contributed by atoms with Crippen molar-refractivity contribution in [2.24, 2.45) is 0 Å². The van der Waals surface area contributed by atoms with Crippen molar-refractivity contribution in [3.63, 3.8) is 0 Å². The zero-order valence-corrected chi connectivity index (χ0v) is 11.7. The number of thiophene rings is 1. The molecule has 94 valence electrons. The molecular weight excluding hydrogens is 276 g/mol. The third-order valence-electron chi connectivity index (χ3n) is 3.06. The first-order valence-corrected chi connectivity index (χ1v) is 7.24. The van der Waals surface area contributed by atoms with Gasteiger partial charge in [0.15, 0.2) is 5.78 Å². The van der Waals surface area contributed by atoms with Gasteiger partial charge in [0.1, 0.15) is 0 Å². The van der Waals surface area contributed by atoms with Gasteiger partial charge in [-0.25, -0.2) is 0 Å². The Labute approximate surface area is 120 Å². The number of ketones is 1. The van der Waals surface area contributed by atoms with Crippen LogP contribution in [0.2, 0.25) is 5.02 Å². The van der Waals surface area contributed by atoms with Gasteiger partial charge in [-0.2, -0.15) is 0 Å². The highest BCUT2D eigenvalue weighted by atomic mass is 35.5. The summed E-state index contributed by atoms with van der Waals surface area (Å²) in [7, 11) is 0. The second kappa shape index (κ2) is 5.16. The van der Waals surface area contributed by atoms with Crippen LogP contribution in [0, 0.1) is 0 Å². The van der Waals surface area contributed by atoms with Crippen LogP contribution in [0.15, 0.2) is 53.9 Å². The minimum absolute atomic E-state index is 0.153. The zero-order valence-electron chi connectivity index (χ0n) is 10.1. The Balaban J connectivity index is 1.90. The smallest absolute Gasteiger partial charge is 0.168 e. The van der Waals surface area contributed by atoms with Gasteiger partial charge in [-0.1, -0.05) is 41.9 Å². The lowest BCUT2D eigenvalue weighted by molar-refractivity contribution is 0.0995. The number of carbonyl (C=O) groups excluding carboxylic acids is 1. The van der Waals surface area contributed by atoms with Crippen molar-refractivity contribution in [3.05, 3.63) is 70.1 Å². The van der Waals surface area contributed by atoms with Gasteiger partial charge in [0.2, 0.25) is 0 Å². The highest BCUT2D eigenvalue weighted by Gasteiger charge is 2.12. The summed E-state index contributed by atoms with van der Waals surface area (Å²) in [4.78, 5) is 12.3. The number of carbonyl (C=O) groups is 1. The Morgan fingerprint density at radius 2 is 1.79 bits per heavy atom. The summed E-state index contributed by atoms with van der Waals surface area (Å²) in [6, 6.07) is 15.4. The van der Waals surface area contributed by atoms with E-state index in [1.807, 2.05) is 53.9 Å². The Bertz CT molecular complexity index is 728. The fraction of sp³-hybridized carbons (Fsp3) is 0.0625. The van der Waals surface area contributed by atoms with Crippen molar-refractivity contribution in [2.75, 3.05) is 0 Å². The Morgan fingerprint density at radius 1 is 1.05 bits per heavy atom. The summed E-state index contributed by atoms with van der Waals surface area (Å²) in [5.74, 6) is 0.153. The highest BCUT2D eigenvalue weighted by molar-refractivity contribution is 7.17. The number of hydrogen-bond acceptors (Lipinski definition) is 2. The lowest BCUT2D eigenvalue weighted by Crippen LogP contribution is -2.02. The number of Topliss-reactive ketones (excluding diaryl/α,β-unsaturated/α-hetero) is 1. The van der Waals surface area contributed by atoms with Gasteiger partial charge < -0.3 is 0 Å². The van der Waals surface area contributed by atoms with E-state index >= 15 is 0 Å². The van der Waals surface area contributed by atoms with Crippen LogP contribution in [-0.2, 0) is 6.42 Å². The van der Waals surface area contributed by atoms with Gasteiger partial charge in [0, 0.05) is 32.5 Å². The fourth-order valence-corrected chi connectivity index (χ4v) is 3.17. The van der Waals surface area contributed by atoms with E-state index in [2.05, 4.69) is 0 Å². The largest absolute Gasteiger partial charge is 0.294 e. The van der Waals surface area contributed by atoms with Crippen LogP contribution in [0.25, 0.3) is 10.1 Å². The molecule has 3 aromatic rings. The first-order valence-electron chi connectivity index (χ1n) is 5.98. The monoisotopic (exact) mass is 286 g/mol. The van der Waals surface area contributed by atoms with E-state index in [1.165, 1.54) is 0 Å². The molecule has 2 aromatic carbocycles. The van der Waals surface area contributed by atoms with Crippen LogP contribution >= 0.6 is 22.9 Å². The molecule has 0 radical (unpaired) electrons. The molecular formula is C16H11ClOS. The van der Waals surface area contributed by atoms with Crippen molar-refractivity contribution in [1.82, 2.24) is 0 Å². The van der Waals surface area contributed by atoms with Gasteiger partial charge in [0.25, 0.3) is 0 Å². The van der Waals surface area contributed by atoms with Crippen molar-refractivity contribution in [1.29, 1.82) is 0 Å². The van der Waals surface area contributed by atoms with Crippen LogP contribution in [0.4, 0.5) is 0 Å². The van der Waals surface area contributed by atoms with E-state index in [1.54, 1.807) is 11.3 Å². The molecule has 19 heavy (non-hydrogen) atoms. The lowest BCUT2D eigenvalue weighted by atomic mass is 10.0. The second-order valence-electron chi connectivity index (χ2n) is 4.37. The van der Waals surface area contributed by atoms with Crippen molar-refractivity contribution < 1.29 is 4.79 Å². The summed E-state index contributed by atoms with van der Waals surface area (Å²) in [5.41, 5.74) is 1.81. The predicted octanol–water partition coefficient (Wildman–Crippen LogP) is 4.98. The molecule has 0 bridgehead atoms. The Hall–Kier alpha value is -1.64. The van der Waals surface area contributed by atoms with Crippen LogP contribution < -0.4 is 0 Å². The molecule has 0 saturated heterocycles. The zero-order chi connectivity index (χ0) is 13.2. The van der Waals surface area contributed by atoms with Crippen LogP contribution in [0.1, 0.15) is 15.9 Å². The average molecular weight is 287 g/mol. The normalized spacial score (nSPS) is 10.8. The molecule has 0 N–H and O–H groups in total. The summed E-state index contributed by atoms with van der Waals surface area (Å²) >= 11 is 7.46. The van der Waals surface area contributed by atoms with Crippen LogP contribution in [0.5, 0.6) is 0 Å². The molecule has 1 nitrogen and oxygen atoms in total. The molecule has 1 heterocycles. The van der Waals surface area contributed by atoms with E-state index in [-0.39, 0.29) is 5.78 Å². The minimum Gasteiger partial charge on any atom is -0.294 e. The van der Waals surface area contributed by atoms with Gasteiger partial charge in [-0.15, -0.1) is 11.3 Å². The molecule has 3 heteroatoms. The van der Waals surface area contributed by atoms with Gasteiger partial charge in [-0.3, -0.25) is 4.79 Å². The highest BCUT2D eigenvalue weighted by Crippen LogP contribution is 2.26. The number of rotatable bonds is 3. The average Bonchev–Trinajstić information content (AvgIpc) is 2.85. The summed E-state index contributed by atoms with van der Waals surface area (Å²) in [5, 5.41) is 3.69. The number of hydrogen-bond donors (Lipinski definition) is 0. The van der Waals surface area contributed by atoms with E-state index in [0.717, 1.165) is 21.2 Å². The molecule has 0 aliphatic carbocycles. The van der Waals surface area contributed by atoms with Gasteiger partial charge in [-0.05, 0) is 23.8 Å². The lowest BCUT2D eigenvalue weighted by Gasteiger charge is -2.01. The summed E-state index contributed by atoms with van der Waals surface area (Å²) in [6.45, 7) is 0. The molecule has 0 unspecified atom stereocenters. The van der Waals surface area contributed by atoms with Crippen molar-refractivity contribution in [3.8, 4) is 0 Å². The first kappa shape index (κ1) is 12.4. The molecule has 1 aromatic heterocycles. The van der Waals surface area contributed by atoms with Gasteiger partial charge >= 0.3 is 0 Å². The molecule has 0 spiro atoms. The third-order valence-corrected chi connectivity index (χ3v) is 4.27.